The van der Waals surface area contributed by atoms with Gasteiger partial charge in [0, 0.05) is 10.6 Å². The summed E-state index contributed by atoms with van der Waals surface area (Å²) in [6.07, 6.45) is 0. The SMILES string of the molecule is Clc1ccccc1COc1nnc(Br)s1. The van der Waals surface area contributed by atoms with Crippen LogP contribution in [0.1, 0.15) is 5.56 Å². The molecule has 0 amide bonds. The van der Waals surface area contributed by atoms with Crippen molar-refractivity contribution in [3.63, 3.8) is 0 Å². The molecule has 2 rings (SSSR count). The van der Waals surface area contributed by atoms with Crippen molar-refractivity contribution < 1.29 is 4.74 Å². The van der Waals surface area contributed by atoms with Crippen LogP contribution in [-0.2, 0) is 6.61 Å². The first-order valence-electron chi connectivity index (χ1n) is 4.11. The highest BCUT2D eigenvalue weighted by Gasteiger charge is 2.04. The fraction of sp³-hybridized carbons (Fsp3) is 0.111. The molecule has 0 aliphatic rings. The molecule has 2 aromatic rings. The van der Waals surface area contributed by atoms with Gasteiger partial charge in [-0.3, -0.25) is 0 Å². The number of rotatable bonds is 3. The van der Waals surface area contributed by atoms with Crippen LogP contribution in [0.2, 0.25) is 5.02 Å². The van der Waals surface area contributed by atoms with E-state index in [-0.39, 0.29) is 0 Å². The highest BCUT2D eigenvalue weighted by atomic mass is 79.9. The van der Waals surface area contributed by atoms with E-state index in [0.717, 1.165) is 5.56 Å². The summed E-state index contributed by atoms with van der Waals surface area (Å²) in [5, 5.41) is 8.82. The van der Waals surface area contributed by atoms with Crippen LogP contribution in [0.15, 0.2) is 28.2 Å². The maximum Gasteiger partial charge on any atom is 0.295 e. The van der Waals surface area contributed by atoms with E-state index in [9.17, 15) is 0 Å². The first kappa shape index (κ1) is 10.9. The Morgan fingerprint density at radius 3 is 2.80 bits per heavy atom. The molecule has 3 nitrogen and oxygen atoms in total. The second kappa shape index (κ2) is 4.92. The summed E-state index contributed by atoms with van der Waals surface area (Å²) >= 11 is 10.5. The summed E-state index contributed by atoms with van der Waals surface area (Å²) in [7, 11) is 0. The quantitative estimate of drug-likeness (QED) is 0.870. The molecule has 0 unspecified atom stereocenters. The first-order chi connectivity index (χ1) is 7.25. The summed E-state index contributed by atoms with van der Waals surface area (Å²) in [6.45, 7) is 0.404. The van der Waals surface area contributed by atoms with E-state index in [4.69, 9.17) is 16.3 Å². The lowest BCUT2D eigenvalue weighted by atomic mass is 10.2. The van der Waals surface area contributed by atoms with Crippen molar-refractivity contribution >= 4 is 38.9 Å². The number of nitrogens with zero attached hydrogens (tertiary/aromatic N) is 2. The molecule has 1 aromatic carbocycles. The lowest BCUT2D eigenvalue weighted by Gasteiger charge is -2.03. The minimum atomic E-state index is 0.404. The van der Waals surface area contributed by atoms with Crippen LogP contribution < -0.4 is 4.74 Å². The fourth-order valence-electron chi connectivity index (χ4n) is 1.01. The van der Waals surface area contributed by atoms with Gasteiger partial charge in [-0.25, -0.2) is 0 Å². The predicted molar refractivity (Wildman–Crippen MR) is 63.4 cm³/mol. The first-order valence-corrected chi connectivity index (χ1v) is 6.09. The van der Waals surface area contributed by atoms with Gasteiger partial charge in [0.15, 0.2) is 3.92 Å². The number of hydrogen-bond acceptors (Lipinski definition) is 4. The normalized spacial score (nSPS) is 10.3. The highest BCUT2D eigenvalue weighted by Crippen LogP contribution is 2.24. The van der Waals surface area contributed by atoms with Crippen molar-refractivity contribution in [2.45, 2.75) is 6.61 Å². The number of aromatic nitrogens is 2. The zero-order valence-electron chi connectivity index (χ0n) is 7.48. The monoisotopic (exact) mass is 304 g/mol. The summed E-state index contributed by atoms with van der Waals surface area (Å²) in [4.78, 5) is 0. The van der Waals surface area contributed by atoms with Crippen LogP contribution in [0.5, 0.6) is 5.19 Å². The molecule has 6 heteroatoms. The van der Waals surface area contributed by atoms with E-state index in [2.05, 4.69) is 26.1 Å². The van der Waals surface area contributed by atoms with Crippen LogP contribution >= 0.6 is 38.9 Å². The summed E-state index contributed by atoms with van der Waals surface area (Å²) < 4.78 is 6.13. The Hall–Kier alpha value is -0.650. The van der Waals surface area contributed by atoms with Crippen molar-refractivity contribution in [3.8, 4) is 5.19 Å². The zero-order valence-corrected chi connectivity index (χ0v) is 10.6. The molecule has 1 aromatic heterocycles. The zero-order chi connectivity index (χ0) is 10.7. The Labute approximate surface area is 104 Å². The minimum Gasteiger partial charge on any atom is -0.464 e. The second-order valence-corrected chi connectivity index (χ2v) is 5.32. The molecule has 78 valence electrons. The van der Waals surface area contributed by atoms with E-state index in [0.29, 0.717) is 20.7 Å². The standard InChI is InChI=1S/C9H6BrClN2OS/c10-8-12-13-9(15-8)14-5-6-3-1-2-4-7(6)11/h1-4H,5H2. The maximum absolute atomic E-state index is 5.97. The van der Waals surface area contributed by atoms with Crippen molar-refractivity contribution in [1.29, 1.82) is 0 Å². The second-order valence-electron chi connectivity index (χ2n) is 2.70. The molecule has 0 spiro atoms. The molecule has 0 aliphatic carbocycles. The van der Waals surface area contributed by atoms with Gasteiger partial charge in [-0.2, -0.15) is 0 Å². The molecule has 1 heterocycles. The van der Waals surface area contributed by atoms with Gasteiger partial charge < -0.3 is 4.74 Å². The Morgan fingerprint density at radius 1 is 1.33 bits per heavy atom. The van der Waals surface area contributed by atoms with E-state index in [1.165, 1.54) is 11.3 Å². The van der Waals surface area contributed by atoms with Crippen LogP contribution in [0, 0.1) is 0 Å². The minimum absolute atomic E-state index is 0.404. The third-order valence-electron chi connectivity index (χ3n) is 1.69. The third-order valence-corrected chi connectivity index (χ3v) is 3.33. The van der Waals surface area contributed by atoms with Gasteiger partial charge in [0.2, 0.25) is 0 Å². The number of benzene rings is 1. The predicted octanol–water partition coefficient (Wildman–Crippen LogP) is 3.53. The smallest absolute Gasteiger partial charge is 0.295 e. The number of hydrogen-bond donors (Lipinski definition) is 0. The summed E-state index contributed by atoms with van der Waals surface area (Å²) in [5.74, 6) is 0. The lowest BCUT2D eigenvalue weighted by Crippen LogP contribution is -1.95. The average molecular weight is 306 g/mol. The van der Waals surface area contributed by atoms with E-state index in [1.54, 1.807) is 0 Å². The van der Waals surface area contributed by atoms with Gasteiger partial charge in [-0.1, -0.05) is 34.9 Å². The van der Waals surface area contributed by atoms with E-state index >= 15 is 0 Å². The van der Waals surface area contributed by atoms with Crippen molar-refractivity contribution in [2.24, 2.45) is 0 Å². The maximum atomic E-state index is 5.97. The number of ether oxygens (including phenoxy) is 1. The number of halogens is 2. The van der Waals surface area contributed by atoms with Crippen molar-refractivity contribution in [3.05, 3.63) is 38.8 Å². The molecule has 0 radical (unpaired) electrons. The molecule has 0 saturated heterocycles. The van der Waals surface area contributed by atoms with Crippen molar-refractivity contribution in [1.82, 2.24) is 10.2 Å². The molecule has 15 heavy (non-hydrogen) atoms. The molecular formula is C9H6BrClN2OS. The summed E-state index contributed by atoms with van der Waals surface area (Å²) in [6, 6.07) is 7.54. The lowest BCUT2D eigenvalue weighted by molar-refractivity contribution is 0.302. The molecule has 0 saturated carbocycles. The fourth-order valence-corrected chi connectivity index (χ4v) is 2.12. The highest BCUT2D eigenvalue weighted by molar-refractivity contribution is 9.11. The molecule has 0 fully saturated rings. The topological polar surface area (TPSA) is 35.0 Å². The Morgan fingerprint density at radius 2 is 2.13 bits per heavy atom. The van der Waals surface area contributed by atoms with Gasteiger partial charge in [-0.15, -0.1) is 5.10 Å². The van der Waals surface area contributed by atoms with Gasteiger partial charge >= 0.3 is 0 Å². The molecular weight excluding hydrogens is 300 g/mol. The van der Waals surface area contributed by atoms with Crippen LogP contribution in [0.25, 0.3) is 0 Å². The van der Waals surface area contributed by atoms with E-state index in [1.807, 2.05) is 24.3 Å². The Kier molecular flexibility index (Phi) is 3.56. The Bertz CT molecular complexity index is 463. The van der Waals surface area contributed by atoms with Gasteiger partial charge in [0.25, 0.3) is 5.19 Å². The van der Waals surface area contributed by atoms with Gasteiger partial charge in [-0.05, 0) is 33.3 Å². The van der Waals surface area contributed by atoms with Crippen LogP contribution in [0.4, 0.5) is 0 Å². The molecule has 0 N–H and O–H groups in total. The van der Waals surface area contributed by atoms with E-state index < -0.39 is 0 Å². The molecule has 0 aliphatic heterocycles. The molecule has 0 bridgehead atoms. The molecule has 0 atom stereocenters. The largest absolute Gasteiger partial charge is 0.464 e. The average Bonchev–Trinajstić information content (AvgIpc) is 2.63. The summed E-state index contributed by atoms with van der Waals surface area (Å²) in [5.41, 5.74) is 0.936. The van der Waals surface area contributed by atoms with Gasteiger partial charge in [0.1, 0.15) is 6.61 Å². The van der Waals surface area contributed by atoms with Crippen molar-refractivity contribution in [2.75, 3.05) is 0 Å². The van der Waals surface area contributed by atoms with Crippen LogP contribution in [0.3, 0.4) is 0 Å². The third kappa shape index (κ3) is 2.90. The Balaban J connectivity index is 2.02. The van der Waals surface area contributed by atoms with Gasteiger partial charge in [0.05, 0.1) is 0 Å². The van der Waals surface area contributed by atoms with Crippen LogP contribution in [-0.4, -0.2) is 10.2 Å².